The molecule has 0 bridgehead atoms. The van der Waals surface area contributed by atoms with Gasteiger partial charge in [0.1, 0.15) is 5.75 Å². The summed E-state index contributed by atoms with van der Waals surface area (Å²) in [6, 6.07) is 8.62. The highest BCUT2D eigenvalue weighted by Crippen LogP contribution is 2.18. The average molecular weight is 233 g/mol. The van der Waals surface area contributed by atoms with Gasteiger partial charge in [0, 0.05) is 0 Å². The van der Waals surface area contributed by atoms with Crippen LogP contribution in [0.15, 0.2) is 24.3 Å². The lowest BCUT2D eigenvalue weighted by Crippen LogP contribution is -2.10. The molecule has 0 amide bonds. The van der Waals surface area contributed by atoms with Gasteiger partial charge in [0.05, 0.1) is 6.61 Å². The van der Waals surface area contributed by atoms with Crippen LogP contribution in [0.4, 0.5) is 0 Å². The van der Waals surface area contributed by atoms with Gasteiger partial charge < -0.3 is 10.1 Å². The minimum atomic E-state index is 0.821. The summed E-state index contributed by atoms with van der Waals surface area (Å²) < 4.78 is 5.66. The van der Waals surface area contributed by atoms with Gasteiger partial charge in [-0.15, -0.1) is 0 Å². The van der Waals surface area contributed by atoms with Crippen LogP contribution in [0.2, 0.25) is 0 Å². The quantitative estimate of drug-likeness (QED) is 0.763. The van der Waals surface area contributed by atoms with Crippen LogP contribution in [0.25, 0.3) is 0 Å². The molecule has 1 aromatic carbocycles. The predicted octanol–water partition coefficient (Wildman–Crippen LogP) is 3.02. The highest BCUT2D eigenvalue weighted by molar-refractivity contribution is 5.27. The average Bonchev–Trinajstić information content (AvgIpc) is 2.85. The van der Waals surface area contributed by atoms with E-state index in [0.717, 1.165) is 24.7 Å². The summed E-state index contributed by atoms with van der Waals surface area (Å²) in [5.74, 6) is 1.83. The molecule has 1 saturated heterocycles. The van der Waals surface area contributed by atoms with Crippen molar-refractivity contribution in [2.24, 2.45) is 5.92 Å². The molecule has 1 aliphatic rings. The molecule has 1 fully saturated rings. The zero-order chi connectivity index (χ0) is 11.9. The number of hydrogen-bond acceptors (Lipinski definition) is 2. The van der Waals surface area contributed by atoms with Crippen LogP contribution in [0.5, 0.6) is 5.75 Å². The molecule has 1 N–H and O–H groups in total. The Morgan fingerprint density at radius 3 is 2.76 bits per heavy atom. The lowest BCUT2D eigenvalue weighted by atomic mass is 9.99. The fourth-order valence-corrected chi connectivity index (χ4v) is 2.28. The first-order valence-electron chi connectivity index (χ1n) is 6.81. The van der Waals surface area contributed by atoms with Gasteiger partial charge in [-0.2, -0.15) is 0 Å². The van der Waals surface area contributed by atoms with Crippen molar-refractivity contribution in [1.29, 1.82) is 0 Å². The molecule has 1 unspecified atom stereocenters. The van der Waals surface area contributed by atoms with E-state index >= 15 is 0 Å². The number of unbranched alkanes of at least 4 members (excludes halogenated alkanes) is 1. The van der Waals surface area contributed by atoms with Crippen LogP contribution < -0.4 is 10.1 Å². The Labute approximate surface area is 104 Å². The van der Waals surface area contributed by atoms with E-state index in [9.17, 15) is 0 Å². The number of ether oxygens (including phenoxy) is 1. The first-order valence-corrected chi connectivity index (χ1v) is 6.81. The Balaban J connectivity index is 1.80. The highest BCUT2D eigenvalue weighted by atomic mass is 16.5. The van der Waals surface area contributed by atoms with Gasteiger partial charge in [0.25, 0.3) is 0 Å². The van der Waals surface area contributed by atoms with E-state index in [-0.39, 0.29) is 0 Å². The van der Waals surface area contributed by atoms with Gasteiger partial charge in [0.2, 0.25) is 0 Å². The maximum Gasteiger partial charge on any atom is 0.119 e. The lowest BCUT2D eigenvalue weighted by molar-refractivity contribution is 0.309. The molecule has 0 spiro atoms. The lowest BCUT2D eigenvalue weighted by Gasteiger charge is -2.09. The zero-order valence-electron chi connectivity index (χ0n) is 10.7. The normalized spacial score (nSPS) is 19.5. The Morgan fingerprint density at radius 1 is 1.29 bits per heavy atom. The second-order valence-corrected chi connectivity index (χ2v) is 4.91. The summed E-state index contributed by atoms with van der Waals surface area (Å²) in [6.07, 6.45) is 4.83. The maximum atomic E-state index is 5.66. The molecule has 0 aromatic heterocycles. The van der Waals surface area contributed by atoms with Crippen LogP contribution in [0.1, 0.15) is 31.7 Å². The van der Waals surface area contributed by atoms with Crippen molar-refractivity contribution in [3.63, 3.8) is 0 Å². The van der Waals surface area contributed by atoms with E-state index in [1.807, 2.05) is 0 Å². The first kappa shape index (κ1) is 12.4. The monoisotopic (exact) mass is 233 g/mol. The maximum absolute atomic E-state index is 5.66. The van der Waals surface area contributed by atoms with Crippen LogP contribution in [-0.2, 0) is 6.42 Å². The molecule has 0 saturated carbocycles. The SMILES string of the molecule is CCCCOc1ccc(CC2CCNC2)cc1. The number of nitrogens with one attached hydrogen (secondary N) is 1. The zero-order valence-corrected chi connectivity index (χ0v) is 10.7. The van der Waals surface area contributed by atoms with Crippen molar-refractivity contribution >= 4 is 0 Å². The number of rotatable bonds is 6. The molecule has 2 nitrogen and oxygen atoms in total. The molecule has 2 heteroatoms. The molecule has 1 atom stereocenters. The minimum Gasteiger partial charge on any atom is -0.494 e. The predicted molar refractivity (Wildman–Crippen MR) is 71.5 cm³/mol. The molecule has 1 aromatic rings. The molecule has 94 valence electrons. The molecule has 2 rings (SSSR count). The van der Waals surface area contributed by atoms with Crippen molar-refractivity contribution in [3.8, 4) is 5.75 Å². The number of hydrogen-bond donors (Lipinski definition) is 1. The summed E-state index contributed by atoms with van der Waals surface area (Å²) in [7, 11) is 0. The Hall–Kier alpha value is -1.02. The molecule has 1 aliphatic heterocycles. The summed E-state index contributed by atoms with van der Waals surface area (Å²) >= 11 is 0. The van der Waals surface area contributed by atoms with Crippen LogP contribution >= 0.6 is 0 Å². The van der Waals surface area contributed by atoms with Crippen LogP contribution in [-0.4, -0.2) is 19.7 Å². The minimum absolute atomic E-state index is 0.821. The van der Waals surface area contributed by atoms with Crippen LogP contribution in [0.3, 0.4) is 0 Å². The third-order valence-corrected chi connectivity index (χ3v) is 3.38. The first-order chi connectivity index (χ1) is 8.38. The van der Waals surface area contributed by atoms with Gasteiger partial charge in [-0.25, -0.2) is 0 Å². The highest BCUT2D eigenvalue weighted by Gasteiger charge is 2.14. The largest absolute Gasteiger partial charge is 0.494 e. The topological polar surface area (TPSA) is 21.3 Å². The van der Waals surface area contributed by atoms with E-state index < -0.39 is 0 Å². The fraction of sp³-hybridized carbons (Fsp3) is 0.600. The molecule has 0 radical (unpaired) electrons. The second kappa shape index (κ2) is 6.65. The van der Waals surface area contributed by atoms with Gasteiger partial charge in [-0.3, -0.25) is 0 Å². The molecular weight excluding hydrogens is 210 g/mol. The summed E-state index contributed by atoms with van der Waals surface area (Å²) in [4.78, 5) is 0. The van der Waals surface area contributed by atoms with E-state index in [1.165, 1.54) is 37.9 Å². The van der Waals surface area contributed by atoms with E-state index in [2.05, 4.69) is 36.5 Å². The Morgan fingerprint density at radius 2 is 2.12 bits per heavy atom. The van der Waals surface area contributed by atoms with Gasteiger partial charge in [-0.1, -0.05) is 25.5 Å². The van der Waals surface area contributed by atoms with E-state index in [4.69, 9.17) is 4.74 Å². The van der Waals surface area contributed by atoms with Gasteiger partial charge in [-0.05, 0) is 56.0 Å². The standard InChI is InChI=1S/C15H23NO/c1-2-3-10-17-15-6-4-13(5-7-15)11-14-8-9-16-12-14/h4-7,14,16H,2-3,8-12H2,1H3. The Bertz CT molecular complexity index is 314. The molecular formula is C15H23NO. The van der Waals surface area contributed by atoms with E-state index in [0.29, 0.717) is 0 Å². The second-order valence-electron chi connectivity index (χ2n) is 4.91. The fourth-order valence-electron chi connectivity index (χ4n) is 2.28. The number of benzene rings is 1. The molecule has 0 aliphatic carbocycles. The summed E-state index contributed by atoms with van der Waals surface area (Å²) in [5.41, 5.74) is 1.43. The van der Waals surface area contributed by atoms with Crippen molar-refractivity contribution in [2.45, 2.75) is 32.6 Å². The van der Waals surface area contributed by atoms with Gasteiger partial charge in [0.15, 0.2) is 0 Å². The summed E-state index contributed by atoms with van der Waals surface area (Å²) in [5, 5.41) is 3.41. The summed E-state index contributed by atoms with van der Waals surface area (Å²) in [6.45, 7) is 5.38. The van der Waals surface area contributed by atoms with Crippen molar-refractivity contribution in [3.05, 3.63) is 29.8 Å². The third-order valence-electron chi connectivity index (χ3n) is 3.38. The van der Waals surface area contributed by atoms with Crippen molar-refractivity contribution in [1.82, 2.24) is 5.32 Å². The third kappa shape index (κ3) is 4.04. The van der Waals surface area contributed by atoms with Gasteiger partial charge >= 0.3 is 0 Å². The van der Waals surface area contributed by atoms with Crippen molar-refractivity contribution < 1.29 is 4.74 Å². The van der Waals surface area contributed by atoms with E-state index in [1.54, 1.807) is 0 Å². The Kier molecular flexibility index (Phi) is 4.87. The smallest absolute Gasteiger partial charge is 0.119 e. The van der Waals surface area contributed by atoms with Crippen molar-refractivity contribution in [2.75, 3.05) is 19.7 Å². The molecule has 1 heterocycles. The van der Waals surface area contributed by atoms with Crippen LogP contribution in [0, 0.1) is 5.92 Å². The molecule has 17 heavy (non-hydrogen) atoms.